The van der Waals surface area contributed by atoms with E-state index >= 15 is 0 Å². The van der Waals surface area contributed by atoms with Gasteiger partial charge in [0.05, 0.1) is 12.3 Å². The Morgan fingerprint density at radius 1 is 1.27 bits per heavy atom. The van der Waals surface area contributed by atoms with E-state index in [0.29, 0.717) is 18.7 Å². The van der Waals surface area contributed by atoms with Crippen LogP contribution in [0.25, 0.3) is 11.3 Å². The Labute approximate surface area is 130 Å². The molecule has 0 aliphatic rings. The van der Waals surface area contributed by atoms with Gasteiger partial charge >= 0.3 is 0 Å². The van der Waals surface area contributed by atoms with E-state index in [9.17, 15) is 4.79 Å². The summed E-state index contributed by atoms with van der Waals surface area (Å²) in [6.07, 6.45) is 0.945. The van der Waals surface area contributed by atoms with Crippen LogP contribution in [0.3, 0.4) is 0 Å². The second-order valence-electron chi connectivity index (χ2n) is 5.11. The molecule has 1 N–H and O–H groups in total. The van der Waals surface area contributed by atoms with Gasteiger partial charge in [-0.1, -0.05) is 26.0 Å². The van der Waals surface area contributed by atoms with Crippen LogP contribution in [0.2, 0.25) is 0 Å². The zero-order chi connectivity index (χ0) is 15.9. The average Bonchev–Trinajstić information content (AvgIpc) is 2.54. The Hall–Kier alpha value is -2.14. The van der Waals surface area contributed by atoms with E-state index in [4.69, 9.17) is 4.74 Å². The predicted octanol–water partition coefficient (Wildman–Crippen LogP) is 2.35. The number of aryl methyl sites for hydroxylation is 1. The van der Waals surface area contributed by atoms with Crippen LogP contribution in [0, 0.1) is 0 Å². The van der Waals surface area contributed by atoms with Crippen molar-refractivity contribution in [3.05, 3.63) is 46.2 Å². The smallest absolute Gasteiger partial charge is 0.271 e. The molecule has 1 aromatic carbocycles. The van der Waals surface area contributed by atoms with Crippen molar-refractivity contribution in [3.63, 3.8) is 0 Å². The van der Waals surface area contributed by atoms with Gasteiger partial charge in [0.25, 0.3) is 5.56 Å². The molecule has 5 heteroatoms. The third-order valence-electron chi connectivity index (χ3n) is 3.33. The van der Waals surface area contributed by atoms with Crippen molar-refractivity contribution in [2.75, 3.05) is 13.2 Å². The fourth-order valence-electron chi connectivity index (χ4n) is 2.20. The zero-order valence-electron chi connectivity index (χ0n) is 13.4. The van der Waals surface area contributed by atoms with Gasteiger partial charge in [-0.05, 0) is 31.2 Å². The fraction of sp³-hybridized carbons (Fsp3) is 0.412. The molecule has 0 bridgehead atoms. The summed E-state index contributed by atoms with van der Waals surface area (Å²) < 4.78 is 7.18. The van der Waals surface area contributed by atoms with Crippen molar-refractivity contribution in [2.24, 2.45) is 7.05 Å². The standard InChI is InChI=1S/C17H23N3O2/c1-4-10-22-16-9-7-6-8-14(16)15-11-13(12-18-5-2)17(21)20(3)19-15/h6-9,11,18H,4-5,10,12H2,1-3H3. The molecular formula is C17H23N3O2. The quantitative estimate of drug-likeness (QED) is 0.853. The average molecular weight is 301 g/mol. The van der Waals surface area contributed by atoms with E-state index in [0.717, 1.165) is 30.0 Å². The predicted molar refractivity (Wildman–Crippen MR) is 88.1 cm³/mol. The molecule has 0 fully saturated rings. The minimum Gasteiger partial charge on any atom is -0.493 e. The molecule has 0 atom stereocenters. The van der Waals surface area contributed by atoms with Gasteiger partial charge in [0.2, 0.25) is 0 Å². The first-order chi connectivity index (χ1) is 10.7. The van der Waals surface area contributed by atoms with Crippen molar-refractivity contribution in [1.29, 1.82) is 0 Å². The lowest BCUT2D eigenvalue weighted by molar-refractivity contribution is 0.318. The number of ether oxygens (including phenoxy) is 1. The highest BCUT2D eigenvalue weighted by Crippen LogP contribution is 2.28. The number of hydrogen-bond acceptors (Lipinski definition) is 4. The second kappa shape index (κ2) is 7.75. The lowest BCUT2D eigenvalue weighted by Crippen LogP contribution is -2.27. The van der Waals surface area contributed by atoms with Gasteiger partial charge < -0.3 is 10.1 Å². The van der Waals surface area contributed by atoms with E-state index in [2.05, 4.69) is 17.3 Å². The molecule has 0 aliphatic heterocycles. The number of benzene rings is 1. The summed E-state index contributed by atoms with van der Waals surface area (Å²) >= 11 is 0. The highest BCUT2D eigenvalue weighted by molar-refractivity contribution is 5.67. The molecule has 22 heavy (non-hydrogen) atoms. The molecule has 0 radical (unpaired) electrons. The van der Waals surface area contributed by atoms with Gasteiger partial charge in [0, 0.05) is 24.7 Å². The molecule has 0 unspecified atom stereocenters. The van der Waals surface area contributed by atoms with Crippen LogP contribution in [-0.2, 0) is 13.6 Å². The molecule has 1 heterocycles. The van der Waals surface area contributed by atoms with Crippen molar-refractivity contribution >= 4 is 0 Å². The zero-order valence-corrected chi connectivity index (χ0v) is 13.4. The maximum Gasteiger partial charge on any atom is 0.271 e. The van der Waals surface area contributed by atoms with Crippen molar-refractivity contribution in [2.45, 2.75) is 26.8 Å². The maximum atomic E-state index is 12.1. The van der Waals surface area contributed by atoms with Crippen molar-refractivity contribution < 1.29 is 4.74 Å². The van der Waals surface area contributed by atoms with Crippen LogP contribution in [0.1, 0.15) is 25.8 Å². The molecule has 2 aromatic rings. The molecule has 0 spiro atoms. The summed E-state index contributed by atoms with van der Waals surface area (Å²) in [5, 5.41) is 7.56. The largest absolute Gasteiger partial charge is 0.493 e. The van der Waals surface area contributed by atoms with Crippen LogP contribution in [0.5, 0.6) is 5.75 Å². The minimum absolute atomic E-state index is 0.0725. The highest BCUT2D eigenvalue weighted by Gasteiger charge is 2.11. The summed E-state index contributed by atoms with van der Waals surface area (Å²) in [6.45, 7) is 6.10. The molecule has 5 nitrogen and oxygen atoms in total. The van der Waals surface area contributed by atoms with Crippen LogP contribution in [-0.4, -0.2) is 22.9 Å². The molecule has 0 aliphatic carbocycles. The van der Waals surface area contributed by atoms with Gasteiger partial charge in [-0.25, -0.2) is 4.68 Å². The molecule has 0 saturated carbocycles. The third kappa shape index (κ3) is 3.74. The Morgan fingerprint density at radius 3 is 2.77 bits per heavy atom. The third-order valence-corrected chi connectivity index (χ3v) is 3.33. The van der Waals surface area contributed by atoms with E-state index in [1.54, 1.807) is 7.05 Å². The number of nitrogens with one attached hydrogen (secondary N) is 1. The topological polar surface area (TPSA) is 56.1 Å². The lowest BCUT2D eigenvalue weighted by atomic mass is 10.1. The van der Waals surface area contributed by atoms with E-state index in [1.807, 2.05) is 37.3 Å². The van der Waals surface area contributed by atoms with Crippen LogP contribution >= 0.6 is 0 Å². The molecule has 0 saturated heterocycles. The Bertz CT molecular complexity index is 680. The van der Waals surface area contributed by atoms with Crippen molar-refractivity contribution in [3.8, 4) is 17.0 Å². The first-order valence-electron chi connectivity index (χ1n) is 7.67. The van der Waals surface area contributed by atoms with Gasteiger partial charge in [-0.3, -0.25) is 4.79 Å². The first-order valence-corrected chi connectivity index (χ1v) is 7.67. The minimum atomic E-state index is -0.0725. The Morgan fingerprint density at radius 2 is 2.05 bits per heavy atom. The van der Waals surface area contributed by atoms with E-state index in [-0.39, 0.29) is 5.56 Å². The highest BCUT2D eigenvalue weighted by atomic mass is 16.5. The van der Waals surface area contributed by atoms with Gasteiger partial charge in [-0.15, -0.1) is 0 Å². The lowest BCUT2D eigenvalue weighted by Gasteiger charge is -2.12. The Balaban J connectivity index is 2.44. The normalized spacial score (nSPS) is 10.7. The summed E-state index contributed by atoms with van der Waals surface area (Å²) in [6, 6.07) is 9.64. The summed E-state index contributed by atoms with van der Waals surface area (Å²) in [5.74, 6) is 0.796. The summed E-state index contributed by atoms with van der Waals surface area (Å²) in [4.78, 5) is 12.1. The molecule has 0 amide bonds. The van der Waals surface area contributed by atoms with Crippen molar-refractivity contribution in [1.82, 2.24) is 15.1 Å². The monoisotopic (exact) mass is 301 g/mol. The summed E-state index contributed by atoms with van der Waals surface area (Å²) in [7, 11) is 1.68. The van der Waals surface area contributed by atoms with Gasteiger partial charge in [-0.2, -0.15) is 5.10 Å². The molecule has 2 rings (SSSR count). The van der Waals surface area contributed by atoms with E-state index < -0.39 is 0 Å². The fourth-order valence-corrected chi connectivity index (χ4v) is 2.20. The number of nitrogens with zero attached hydrogens (tertiary/aromatic N) is 2. The molecule has 1 aromatic heterocycles. The number of aromatic nitrogens is 2. The molecule has 118 valence electrons. The van der Waals surface area contributed by atoms with Gasteiger partial charge in [0.1, 0.15) is 5.75 Å². The number of para-hydroxylation sites is 1. The Kier molecular flexibility index (Phi) is 5.72. The number of hydrogen-bond donors (Lipinski definition) is 1. The second-order valence-corrected chi connectivity index (χ2v) is 5.11. The number of rotatable bonds is 7. The van der Waals surface area contributed by atoms with Crippen LogP contribution in [0.4, 0.5) is 0 Å². The molecular weight excluding hydrogens is 278 g/mol. The van der Waals surface area contributed by atoms with Crippen LogP contribution < -0.4 is 15.6 Å². The van der Waals surface area contributed by atoms with Gasteiger partial charge in [0.15, 0.2) is 0 Å². The maximum absolute atomic E-state index is 12.1. The van der Waals surface area contributed by atoms with E-state index in [1.165, 1.54) is 4.68 Å². The summed E-state index contributed by atoms with van der Waals surface area (Å²) in [5.41, 5.74) is 2.29. The SMILES string of the molecule is CCCOc1ccccc1-c1cc(CNCC)c(=O)n(C)n1. The first kappa shape index (κ1) is 16.2. The van der Waals surface area contributed by atoms with Crippen LogP contribution in [0.15, 0.2) is 35.1 Å².